The van der Waals surface area contributed by atoms with Crippen molar-refractivity contribution in [3.63, 3.8) is 0 Å². The molecule has 0 unspecified atom stereocenters. The molecular formula is C14H24Cl2IN5O. The molecule has 0 atom stereocenters. The highest BCUT2D eigenvalue weighted by Crippen LogP contribution is 2.21. The van der Waals surface area contributed by atoms with Gasteiger partial charge in [-0.25, -0.2) is 4.98 Å². The van der Waals surface area contributed by atoms with Crippen LogP contribution < -0.4 is 16.0 Å². The van der Waals surface area contributed by atoms with Crippen molar-refractivity contribution < 1.29 is 4.74 Å². The van der Waals surface area contributed by atoms with Crippen molar-refractivity contribution in [3.8, 4) is 0 Å². The lowest BCUT2D eigenvalue weighted by Crippen LogP contribution is -2.39. The van der Waals surface area contributed by atoms with Crippen molar-refractivity contribution in [3.05, 3.63) is 22.3 Å². The molecule has 0 radical (unpaired) electrons. The normalized spacial score (nSPS) is 10.9. The molecule has 0 saturated carbocycles. The van der Waals surface area contributed by atoms with E-state index in [-0.39, 0.29) is 24.0 Å². The Balaban J connectivity index is 0.00000484. The topological polar surface area (TPSA) is 70.6 Å². The van der Waals surface area contributed by atoms with E-state index in [1.54, 1.807) is 19.4 Å². The zero-order chi connectivity index (χ0) is 16.2. The lowest BCUT2D eigenvalue weighted by molar-refractivity contribution is 0.197. The van der Waals surface area contributed by atoms with E-state index in [0.717, 1.165) is 25.5 Å². The van der Waals surface area contributed by atoms with Gasteiger partial charge in [-0.15, -0.1) is 24.0 Å². The average Bonchev–Trinajstić information content (AvgIpc) is 2.49. The number of halogens is 3. The highest BCUT2D eigenvalue weighted by atomic mass is 127. The number of ether oxygens (including phenoxy) is 1. The van der Waals surface area contributed by atoms with E-state index < -0.39 is 0 Å². The van der Waals surface area contributed by atoms with Gasteiger partial charge >= 0.3 is 0 Å². The smallest absolute Gasteiger partial charge is 0.191 e. The van der Waals surface area contributed by atoms with Crippen LogP contribution in [0, 0.1) is 0 Å². The van der Waals surface area contributed by atoms with E-state index in [1.807, 2.05) is 6.92 Å². The molecule has 0 aromatic carbocycles. The maximum absolute atomic E-state index is 6.04. The van der Waals surface area contributed by atoms with Gasteiger partial charge < -0.3 is 20.7 Å². The van der Waals surface area contributed by atoms with E-state index in [0.29, 0.717) is 35.6 Å². The van der Waals surface area contributed by atoms with Crippen LogP contribution >= 0.6 is 47.2 Å². The molecule has 0 saturated heterocycles. The summed E-state index contributed by atoms with van der Waals surface area (Å²) in [6, 6.07) is 1.66. The van der Waals surface area contributed by atoms with Crippen LogP contribution in [0.15, 0.2) is 17.3 Å². The summed E-state index contributed by atoms with van der Waals surface area (Å²) in [5.74, 6) is 1.41. The zero-order valence-corrected chi connectivity index (χ0v) is 17.2. The summed E-state index contributed by atoms with van der Waals surface area (Å²) in [7, 11) is 1.69. The molecule has 132 valence electrons. The Morgan fingerprint density at radius 2 is 2.09 bits per heavy atom. The van der Waals surface area contributed by atoms with Crippen LogP contribution in [0.1, 0.15) is 13.3 Å². The van der Waals surface area contributed by atoms with E-state index >= 15 is 0 Å². The molecule has 0 aliphatic heterocycles. The molecule has 1 aromatic heterocycles. The van der Waals surface area contributed by atoms with Gasteiger partial charge in [0.25, 0.3) is 0 Å². The Bertz CT molecular complexity index is 476. The molecule has 6 nitrogen and oxygen atoms in total. The minimum Gasteiger partial charge on any atom is -0.385 e. The molecule has 1 heterocycles. The Hall–Kier alpha value is -0.510. The van der Waals surface area contributed by atoms with Gasteiger partial charge in [-0.2, -0.15) is 0 Å². The molecule has 3 N–H and O–H groups in total. The van der Waals surface area contributed by atoms with Crippen LogP contribution in [0.4, 0.5) is 5.82 Å². The van der Waals surface area contributed by atoms with E-state index in [9.17, 15) is 0 Å². The number of aliphatic imine (C=N–C) groups is 1. The maximum Gasteiger partial charge on any atom is 0.191 e. The molecular weight excluding hydrogens is 452 g/mol. The number of rotatable bonds is 9. The molecule has 1 rings (SSSR count). The number of nitrogens with zero attached hydrogens (tertiary/aromatic N) is 2. The van der Waals surface area contributed by atoms with Gasteiger partial charge in [-0.05, 0) is 19.4 Å². The fraction of sp³-hybridized carbons (Fsp3) is 0.571. The summed E-state index contributed by atoms with van der Waals surface area (Å²) in [5.41, 5.74) is 0. The summed E-state index contributed by atoms with van der Waals surface area (Å²) >= 11 is 11.8. The summed E-state index contributed by atoms with van der Waals surface area (Å²) in [6.07, 6.45) is 2.46. The Kier molecular flexibility index (Phi) is 13.6. The van der Waals surface area contributed by atoms with Crippen LogP contribution in [-0.2, 0) is 4.74 Å². The number of aromatic nitrogens is 1. The Labute approximate surface area is 164 Å². The first kappa shape index (κ1) is 22.5. The van der Waals surface area contributed by atoms with Crippen LogP contribution in [0.2, 0.25) is 10.0 Å². The van der Waals surface area contributed by atoms with E-state index in [4.69, 9.17) is 27.9 Å². The van der Waals surface area contributed by atoms with E-state index in [1.165, 1.54) is 0 Å². The van der Waals surface area contributed by atoms with Crippen molar-refractivity contribution >= 4 is 59.0 Å². The second kappa shape index (κ2) is 13.9. The van der Waals surface area contributed by atoms with Crippen molar-refractivity contribution in [2.45, 2.75) is 13.3 Å². The van der Waals surface area contributed by atoms with Gasteiger partial charge in [0.2, 0.25) is 0 Å². The third-order valence-corrected chi connectivity index (χ3v) is 3.13. The Morgan fingerprint density at radius 1 is 1.30 bits per heavy atom. The second-order valence-electron chi connectivity index (χ2n) is 4.44. The fourth-order valence-corrected chi connectivity index (χ4v) is 2.09. The highest BCUT2D eigenvalue weighted by molar-refractivity contribution is 14.0. The van der Waals surface area contributed by atoms with Crippen molar-refractivity contribution in [1.29, 1.82) is 0 Å². The van der Waals surface area contributed by atoms with Gasteiger partial charge in [0.05, 0.1) is 10.0 Å². The van der Waals surface area contributed by atoms with Crippen molar-refractivity contribution in [2.75, 3.05) is 45.2 Å². The lowest BCUT2D eigenvalue weighted by atomic mass is 10.4. The molecule has 0 fully saturated rings. The number of hydrogen-bond acceptors (Lipinski definition) is 4. The first-order valence-electron chi connectivity index (χ1n) is 7.23. The average molecular weight is 476 g/mol. The molecule has 0 amide bonds. The number of nitrogens with one attached hydrogen (secondary N) is 3. The standard InChI is InChI=1S/C14H23Cl2N5O.HI/c1-3-17-14(19-5-4-8-22-2)20-7-6-18-13-12(16)9-11(15)10-21-13;/h9-10H,3-8H2,1-2H3,(H,18,21)(H2,17,19,20);1H. The van der Waals surface area contributed by atoms with Gasteiger partial charge in [0.1, 0.15) is 5.82 Å². The van der Waals surface area contributed by atoms with Gasteiger partial charge in [0.15, 0.2) is 5.96 Å². The lowest BCUT2D eigenvalue weighted by Gasteiger charge is -2.12. The predicted molar refractivity (Wildman–Crippen MR) is 109 cm³/mol. The minimum atomic E-state index is 0. The fourth-order valence-electron chi connectivity index (χ4n) is 1.65. The monoisotopic (exact) mass is 475 g/mol. The summed E-state index contributed by atoms with van der Waals surface area (Å²) in [4.78, 5) is 8.59. The quantitative estimate of drug-likeness (QED) is 0.221. The minimum absolute atomic E-state index is 0. The van der Waals surface area contributed by atoms with Gasteiger partial charge in [-0.1, -0.05) is 23.2 Å². The first-order chi connectivity index (χ1) is 10.7. The first-order valence-corrected chi connectivity index (χ1v) is 7.99. The van der Waals surface area contributed by atoms with Crippen LogP contribution in [0.3, 0.4) is 0 Å². The SMILES string of the molecule is CCNC(=NCCCOC)NCCNc1ncc(Cl)cc1Cl.I. The highest BCUT2D eigenvalue weighted by Gasteiger charge is 2.02. The molecule has 0 aliphatic carbocycles. The number of guanidine groups is 1. The molecule has 23 heavy (non-hydrogen) atoms. The summed E-state index contributed by atoms with van der Waals surface area (Å²) < 4.78 is 5.00. The third kappa shape index (κ3) is 10.1. The Morgan fingerprint density at radius 3 is 2.74 bits per heavy atom. The third-order valence-electron chi connectivity index (χ3n) is 2.64. The predicted octanol–water partition coefficient (Wildman–Crippen LogP) is 3.01. The molecule has 9 heteroatoms. The molecule has 0 spiro atoms. The summed E-state index contributed by atoms with van der Waals surface area (Å²) in [5, 5.41) is 10.6. The molecule has 0 bridgehead atoms. The van der Waals surface area contributed by atoms with Crippen molar-refractivity contribution in [2.24, 2.45) is 4.99 Å². The van der Waals surface area contributed by atoms with Gasteiger partial charge in [-0.3, -0.25) is 4.99 Å². The van der Waals surface area contributed by atoms with Gasteiger partial charge in [0, 0.05) is 46.1 Å². The number of hydrogen-bond donors (Lipinski definition) is 3. The maximum atomic E-state index is 6.04. The number of pyridine rings is 1. The number of anilines is 1. The van der Waals surface area contributed by atoms with E-state index in [2.05, 4.69) is 25.9 Å². The van der Waals surface area contributed by atoms with Crippen LogP contribution in [0.25, 0.3) is 0 Å². The van der Waals surface area contributed by atoms with Crippen LogP contribution in [0.5, 0.6) is 0 Å². The second-order valence-corrected chi connectivity index (χ2v) is 5.29. The zero-order valence-electron chi connectivity index (χ0n) is 13.4. The molecule has 1 aromatic rings. The van der Waals surface area contributed by atoms with Crippen LogP contribution in [-0.4, -0.2) is 50.8 Å². The largest absolute Gasteiger partial charge is 0.385 e. The van der Waals surface area contributed by atoms with Crippen molar-refractivity contribution in [1.82, 2.24) is 15.6 Å². The summed E-state index contributed by atoms with van der Waals surface area (Å²) in [6.45, 7) is 5.63. The number of methoxy groups -OCH3 is 1. The molecule has 0 aliphatic rings.